The summed E-state index contributed by atoms with van der Waals surface area (Å²) in [5.74, 6) is 0.776. The van der Waals surface area contributed by atoms with Crippen LogP contribution >= 0.6 is 11.8 Å². The van der Waals surface area contributed by atoms with Crippen LogP contribution in [0.4, 0.5) is 0 Å². The average molecular weight is 395 g/mol. The Morgan fingerprint density at radius 1 is 1.14 bits per heavy atom. The maximum absolute atomic E-state index is 13.0. The Kier molecular flexibility index (Phi) is 6.16. The maximum Gasteiger partial charge on any atom is 0.255 e. The van der Waals surface area contributed by atoms with E-state index in [0.29, 0.717) is 23.4 Å². The number of aryl methyl sites for hydroxylation is 1. The van der Waals surface area contributed by atoms with E-state index in [0.717, 1.165) is 21.9 Å². The first-order valence-electron chi connectivity index (χ1n) is 8.72. The van der Waals surface area contributed by atoms with Crippen LogP contribution in [0.3, 0.4) is 0 Å². The van der Waals surface area contributed by atoms with Crippen molar-refractivity contribution in [3.63, 3.8) is 0 Å². The highest BCUT2D eigenvalue weighted by atomic mass is 32.2. The Bertz CT molecular complexity index is 1000. The lowest BCUT2D eigenvalue weighted by Gasteiger charge is -2.19. The van der Waals surface area contributed by atoms with E-state index in [4.69, 9.17) is 10.3 Å². The van der Waals surface area contributed by atoms with Crippen LogP contribution in [0.1, 0.15) is 37.7 Å². The molecule has 0 atom stereocenters. The highest BCUT2D eigenvalue weighted by Gasteiger charge is 2.17. The van der Waals surface area contributed by atoms with Crippen LogP contribution in [0, 0.1) is 6.92 Å². The number of carbonyl (C=O) groups is 2. The molecule has 28 heavy (non-hydrogen) atoms. The second-order valence-corrected chi connectivity index (χ2v) is 7.46. The van der Waals surface area contributed by atoms with E-state index < -0.39 is 5.91 Å². The van der Waals surface area contributed by atoms with Gasteiger partial charge in [0.2, 0.25) is 5.91 Å². The minimum Gasteiger partial charge on any atom is -0.366 e. The van der Waals surface area contributed by atoms with Gasteiger partial charge >= 0.3 is 0 Å². The summed E-state index contributed by atoms with van der Waals surface area (Å²) < 4.78 is 5.24. The molecule has 1 aromatic heterocycles. The summed E-state index contributed by atoms with van der Waals surface area (Å²) in [5.41, 5.74) is 8.06. The van der Waals surface area contributed by atoms with E-state index in [1.807, 2.05) is 43.3 Å². The zero-order valence-electron chi connectivity index (χ0n) is 15.7. The van der Waals surface area contributed by atoms with Crippen molar-refractivity contribution in [2.45, 2.75) is 24.1 Å². The van der Waals surface area contributed by atoms with Crippen molar-refractivity contribution in [3.05, 3.63) is 82.7 Å². The van der Waals surface area contributed by atoms with E-state index in [1.165, 1.54) is 11.8 Å². The van der Waals surface area contributed by atoms with Gasteiger partial charge < -0.3 is 15.2 Å². The predicted molar refractivity (Wildman–Crippen MR) is 108 cm³/mol. The smallest absolute Gasteiger partial charge is 0.255 e. The summed E-state index contributed by atoms with van der Waals surface area (Å²) in [5, 5.41) is 3.88. The summed E-state index contributed by atoms with van der Waals surface area (Å²) in [6.07, 6.45) is 0. The fourth-order valence-corrected chi connectivity index (χ4v) is 3.70. The topological polar surface area (TPSA) is 89.4 Å². The third kappa shape index (κ3) is 4.80. The first-order chi connectivity index (χ1) is 13.4. The largest absolute Gasteiger partial charge is 0.366 e. The Morgan fingerprint density at radius 2 is 1.93 bits per heavy atom. The van der Waals surface area contributed by atoms with Gasteiger partial charge in [-0.15, -0.1) is 11.8 Å². The monoisotopic (exact) mass is 395 g/mol. The van der Waals surface area contributed by atoms with Gasteiger partial charge in [0.05, 0.1) is 17.0 Å². The van der Waals surface area contributed by atoms with Crippen LogP contribution in [-0.4, -0.2) is 28.9 Å². The molecule has 3 rings (SSSR count). The lowest BCUT2D eigenvalue weighted by molar-refractivity contribution is 0.0781. The van der Waals surface area contributed by atoms with Crippen molar-refractivity contribution in [2.24, 2.45) is 5.73 Å². The molecule has 3 aromatic rings. The molecule has 7 heteroatoms. The van der Waals surface area contributed by atoms with E-state index in [9.17, 15) is 9.59 Å². The first kappa shape index (κ1) is 19.7. The number of carbonyl (C=O) groups excluding carboxylic acids is 2. The van der Waals surface area contributed by atoms with Crippen LogP contribution in [0.5, 0.6) is 0 Å². The van der Waals surface area contributed by atoms with Crippen molar-refractivity contribution < 1.29 is 14.1 Å². The Hall–Kier alpha value is -3.06. The van der Waals surface area contributed by atoms with Gasteiger partial charge in [-0.05, 0) is 36.8 Å². The molecule has 0 unspecified atom stereocenters. The normalized spacial score (nSPS) is 10.6. The molecule has 0 spiro atoms. The summed E-state index contributed by atoms with van der Waals surface area (Å²) in [7, 11) is 1.74. The van der Waals surface area contributed by atoms with E-state index in [1.54, 1.807) is 30.1 Å². The van der Waals surface area contributed by atoms with Crippen LogP contribution in [0.25, 0.3) is 0 Å². The molecule has 0 bridgehead atoms. The number of primary amides is 1. The molecule has 2 aromatic carbocycles. The van der Waals surface area contributed by atoms with E-state index in [2.05, 4.69) is 5.16 Å². The molecule has 2 N–H and O–H groups in total. The Balaban J connectivity index is 1.72. The molecule has 0 fully saturated rings. The van der Waals surface area contributed by atoms with Crippen molar-refractivity contribution in [3.8, 4) is 0 Å². The number of benzene rings is 2. The molecule has 6 nitrogen and oxygen atoms in total. The van der Waals surface area contributed by atoms with Gasteiger partial charge in [-0.3, -0.25) is 9.59 Å². The number of hydrogen-bond acceptors (Lipinski definition) is 5. The summed E-state index contributed by atoms with van der Waals surface area (Å²) in [6.45, 7) is 2.25. The molecular formula is C21H21N3O3S. The predicted octanol–water partition coefficient (Wildman–Crippen LogP) is 3.65. The Morgan fingerprint density at radius 3 is 2.64 bits per heavy atom. The van der Waals surface area contributed by atoms with Crippen LogP contribution in [0.2, 0.25) is 0 Å². The van der Waals surface area contributed by atoms with Crippen molar-refractivity contribution in [1.82, 2.24) is 10.1 Å². The molecule has 0 radical (unpaired) electrons. The lowest BCUT2D eigenvalue weighted by atomic mass is 10.1. The SMILES string of the molecule is Cc1cc(CSc2ccccc2C(=O)N(C)Cc2cccc(C(N)=O)c2)on1. The highest BCUT2D eigenvalue weighted by molar-refractivity contribution is 7.98. The number of rotatable bonds is 7. The lowest BCUT2D eigenvalue weighted by Crippen LogP contribution is -2.26. The number of nitrogens with two attached hydrogens (primary N) is 1. The second kappa shape index (κ2) is 8.75. The van der Waals surface area contributed by atoms with Gasteiger partial charge in [-0.1, -0.05) is 29.4 Å². The standard InChI is InChI=1S/C21H21N3O3S/c1-14-10-17(27-23-14)13-28-19-9-4-3-8-18(19)21(26)24(2)12-15-6-5-7-16(11-15)20(22)25/h3-11H,12-13H2,1-2H3,(H2,22,25). The number of hydrogen-bond donors (Lipinski definition) is 1. The molecule has 1 heterocycles. The zero-order valence-corrected chi connectivity index (χ0v) is 16.5. The molecular weight excluding hydrogens is 374 g/mol. The zero-order chi connectivity index (χ0) is 20.1. The maximum atomic E-state index is 13.0. The quantitative estimate of drug-likeness (QED) is 0.617. The fraction of sp³-hybridized carbons (Fsp3) is 0.190. The van der Waals surface area contributed by atoms with E-state index in [-0.39, 0.29) is 5.91 Å². The molecule has 0 saturated carbocycles. The second-order valence-electron chi connectivity index (χ2n) is 6.45. The summed E-state index contributed by atoms with van der Waals surface area (Å²) in [6, 6.07) is 16.4. The van der Waals surface area contributed by atoms with Crippen molar-refractivity contribution >= 4 is 23.6 Å². The van der Waals surface area contributed by atoms with Gasteiger partial charge in [0, 0.05) is 30.1 Å². The van der Waals surface area contributed by atoms with Gasteiger partial charge in [0.1, 0.15) is 5.76 Å². The van der Waals surface area contributed by atoms with Crippen molar-refractivity contribution in [1.29, 1.82) is 0 Å². The molecule has 2 amide bonds. The molecule has 0 aliphatic carbocycles. The number of aromatic nitrogens is 1. The Labute approximate surface area is 167 Å². The third-order valence-electron chi connectivity index (χ3n) is 4.14. The summed E-state index contributed by atoms with van der Waals surface area (Å²) >= 11 is 1.53. The number of nitrogens with zero attached hydrogens (tertiary/aromatic N) is 2. The summed E-state index contributed by atoms with van der Waals surface area (Å²) in [4.78, 5) is 26.8. The van der Waals surface area contributed by atoms with Crippen molar-refractivity contribution in [2.75, 3.05) is 7.05 Å². The van der Waals surface area contributed by atoms with Crippen LogP contribution < -0.4 is 5.73 Å². The highest BCUT2D eigenvalue weighted by Crippen LogP contribution is 2.27. The minimum absolute atomic E-state index is 0.0960. The minimum atomic E-state index is -0.486. The average Bonchev–Trinajstić information content (AvgIpc) is 3.11. The molecule has 0 saturated heterocycles. The van der Waals surface area contributed by atoms with E-state index >= 15 is 0 Å². The molecule has 0 aliphatic heterocycles. The first-order valence-corrected chi connectivity index (χ1v) is 9.71. The third-order valence-corrected chi connectivity index (χ3v) is 5.24. The van der Waals surface area contributed by atoms with Crippen LogP contribution in [0.15, 0.2) is 64.0 Å². The van der Waals surface area contributed by atoms with Gasteiger partial charge in [-0.25, -0.2) is 0 Å². The fourth-order valence-electron chi connectivity index (χ4n) is 2.78. The number of thioether (sulfide) groups is 1. The van der Waals surface area contributed by atoms with Gasteiger partial charge in [0.25, 0.3) is 5.91 Å². The number of amides is 2. The van der Waals surface area contributed by atoms with Gasteiger partial charge in [0.15, 0.2) is 0 Å². The molecule has 0 aliphatic rings. The van der Waals surface area contributed by atoms with Crippen LogP contribution in [-0.2, 0) is 12.3 Å². The van der Waals surface area contributed by atoms with Gasteiger partial charge in [-0.2, -0.15) is 0 Å². The molecule has 144 valence electrons.